The van der Waals surface area contributed by atoms with E-state index in [-0.39, 0.29) is 0 Å². The van der Waals surface area contributed by atoms with E-state index >= 15 is 0 Å². The molecule has 0 aliphatic carbocycles. The molecule has 0 heterocycles. The molecule has 2 rings (SSSR count). The molecule has 0 radical (unpaired) electrons. The maximum absolute atomic E-state index is 12.6. The Kier molecular flexibility index (Phi) is 4.37. The second-order valence-corrected chi connectivity index (χ2v) is 4.68. The van der Waals surface area contributed by atoms with Crippen molar-refractivity contribution in [2.45, 2.75) is 13.3 Å². The standard InChI is InChI=1S/C15H15BF3O/c1-12-11-14(16(17,18)19)7-8-15(12)20-10-9-13-5-3-2-4-6-13/h2-8,11H,9-10H2,1H3/q-1. The number of benzene rings is 2. The van der Waals surface area contributed by atoms with Crippen LogP contribution in [-0.2, 0) is 6.42 Å². The second-order valence-electron chi connectivity index (χ2n) is 4.68. The zero-order chi connectivity index (χ0) is 14.6. The molecule has 106 valence electrons. The Morgan fingerprint density at radius 2 is 1.70 bits per heavy atom. The molecule has 0 saturated carbocycles. The Balaban J connectivity index is 1.97. The third-order valence-corrected chi connectivity index (χ3v) is 3.07. The van der Waals surface area contributed by atoms with Crippen LogP contribution in [0.3, 0.4) is 0 Å². The molecule has 20 heavy (non-hydrogen) atoms. The molecule has 5 heteroatoms. The van der Waals surface area contributed by atoms with E-state index in [1.165, 1.54) is 6.07 Å². The normalized spacial score (nSPS) is 11.4. The predicted octanol–water partition coefficient (Wildman–Crippen LogP) is 3.67. The van der Waals surface area contributed by atoms with E-state index < -0.39 is 12.4 Å². The van der Waals surface area contributed by atoms with E-state index in [4.69, 9.17) is 4.74 Å². The first kappa shape index (κ1) is 14.5. The topological polar surface area (TPSA) is 9.23 Å². The lowest BCUT2D eigenvalue weighted by molar-refractivity contribution is 0.320. The van der Waals surface area contributed by atoms with Gasteiger partial charge >= 0.3 is 6.98 Å². The van der Waals surface area contributed by atoms with Crippen LogP contribution in [0.4, 0.5) is 12.9 Å². The smallest absolute Gasteiger partial charge is 0.493 e. The van der Waals surface area contributed by atoms with Crippen molar-refractivity contribution >= 4 is 12.4 Å². The average Bonchev–Trinajstić information content (AvgIpc) is 2.40. The molecule has 0 saturated heterocycles. The Bertz CT molecular complexity index is 567. The second kappa shape index (κ2) is 6.03. The zero-order valence-corrected chi connectivity index (χ0v) is 11.2. The van der Waals surface area contributed by atoms with Crippen LogP contribution in [0.5, 0.6) is 5.75 Å². The summed E-state index contributed by atoms with van der Waals surface area (Å²) in [6, 6.07) is 13.4. The fraction of sp³-hybridized carbons (Fsp3) is 0.200. The number of aryl methyl sites for hydroxylation is 1. The van der Waals surface area contributed by atoms with Crippen molar-refractivity contribution in [3.63, 3.8) is 0 Å². The number of ether oxygens (including phenoxy) is 1. The SMILES string of the molecule is Cc1cc([B-](F)(F)F)ccc1OCCc1ccccc1. The highest BCUT2D eigenvalue weighted by atomic mass is 19.4. The average molecular weight is 279 g/mol. The van der Waals surface area contributed by atoms with Gasteiger partial charge in [0.1, 0.15) is 5.75 Å². The lowest BCUT2D eigenvalue weighted by Gasteiger charge is -2.17. The van der Waals surface area contributed by atoms with Crippen molar-refractivity contribution < 1.29 is 17.7 Å². The number of hydrogen-bond acceptors (Lipinski definition) is 1. The van der Waals surface area contributed by atoms with Crippen LogP contribution >= 0.6 is 0 Å². The van der Waals surface area contributed by atoms with Gasteiger partial charge in [-0.25, -0.2) is 0 Å². The molecule has 2 aromatic rings. The van der Waals surface area contributed by atoms with Crippen LogP contribution in [-0.4, -0.2) is 13.6 Å². The molecular formula is C15H15BF3O-. The number of halogens is 3. The van der Waals surface area contributed by atoms with Crippen LogP contribution in [0, 0.1) is 6.92 Å². The minimum absolute atomic E-state index is 0.446. The Labute approximate surface area is 116 Å². The van der Waals surface area contributed by atoms with Gasteiger partial charge in [-0.2, -0.15) is 0 Å². The first-order valence-corrected chi connectivity index (χ1v) is 6.44. The van der Waals surface area contributed by atoms with Crippen molar-refractivity contribution in [2.24, 2.45) is 0 Å². The summed E-state index contributed by atoms with van der Waals surface area (Å²) in [5, 5.41) is 0. The first-order valence-electron chi connectivity index (χ1n) is 6.44. The molecule has 2 aromatic carbocycles. The van der Waals surface area contributed by atoms with Crippen LogP contribution in [0.1, 0.15) is 11.1 Å². The molecule has 1 nitrogen and oxygen atoms in total. The highest BCUT2D eigenvalue weighted by molar-refractivity contribution is 6.73. The minimum Gasteiger partial charge on any atom is -0.493 e. The highest BCUT2D eigenvalue weighted by Gasteiger charge is 2.25. The van der Waals surface area contributed by atoms with Gasteiger partial charge in [0.05, 0.1) is 6.61 Å². The summed E-state index contributed by atoms with van der Waals surface area (Å²) in [6.45, 7) is -2.87. The third-order valence-electron chi connectivity index (χ3n) is 3.07. The summed E-state index contributed by atoms with van der Waals surface area (Å²) in [7, 11) is 0. The van der Waals surface area contributed by atoms with Crippen LogP contribution in [0.15, 0.2) is 48.5 Å². The molecule has 0 aromatic heterocycles. The third kappa shape index (κ3) is 3.79. The van der Waals surface area contributed by atoms with Crippen molar-refractivity contribution in [1.29, 1.82) is 0 Å². The van der Waals surface area contributed by atoms with Gasteiger partial charge in [-0.1, -0.05) is 42.5 Å². The Morgan fingerprint density at radius 1 is 1.00 bits per heavy atom. The summed E-state index contributed by atoms with van der Waals surface area (Å²) in [5.74, 6) is 0.504. The molecule has 0 unspecified atom stereocenters. The first-order chi connectivity index (χ1) is 9.47. The lowest BCUT2D eigenvalue weighted by Crippen LogP contribution is -2.34. The fourth-order valence-corrected chi connectivity index (χ4v) is 1.96. The van der Waals surface area contributed by atoms with Crippen LogP contribution in [0.2, 0.25) is 0 Å². The van der Waals surface area contributed by atoms with Gasteiger partial charge in [0.2, 0.25) is 0 Å². The van der Waals surface area contributed by atoms with E-state index in [9.17, 15) is 12.9 Å². The number of hydrogen-bond donors (Lipinski definition) is 0. The lowest BCUT2D eigenvalue weighted by atomic mass is 9.79. The predicted molar refractivity (Wildman–Crippen MR) is 75.5 cm³/mol. The summed E-state index contributed by atoms with van der Waals surface area (Å²) in [5.41, 5.74) is 1.06. The van der Waals surface area contributed by atoms with E-state index in [1.54, 1.807) is 6.92 Å². The van der Waals surface area contributed by atoms with Gasteiger partial charge in [0, 0.05) is 6.42 Å². The van der Waals surface area contributed by atoms with Crippen molar-refractivity contribution in [1.82, 2.24) is 0 Å². The fourth-order valence-electron chi connectivity index (χ4n) is 1.96. The van der Waals surface area contributed by atoms with E-state index in [1.807, 2.05) is 30.3 Å². The van der Waals surface area contributed by atoms with Gasteiger partial charge in [0.15, 0.2) is 0 Å². The number of rotatable bonds is 5. The maximum atomic E-state index is 12.6. The monoisotopic (exact) mass is 279 g/mol. The summed E-state index contributed by atoms with van der Waals surface area (Å²) in [4.78, 5) is 0. The largest absolute Gasteiger partial charge is 0.509 e. The summed E-state index contributed by atoms with van der Waals surface area (Å²) >= 11 is 0. The highest BCUT2D eigenvalue weighted by Crippen LogP contribution is 2.19. The summed E-state index contributed by atoms with van der Waals surface area (Å²) < 4.78 is 43.3. The van der Waals surface area contributed by atoms with E-state index in [2.05, 4.69) is 0 Å². The molecule has 0 amide bonds. The minimum atomic E-state index is -4.95. The molecule has 0 N–H and O–H groups in total. The summed E-state index contributed by atoms with van der Waals surface area (Å²) in [6.07, 6.45) is 0.727. The maximum Gasteiger partial charge on any atom is 0.509 e. The molecule has 0 aliphatic heterocycles. The van der Waals surface area contributed by atoms with Gasteiger partial charge in [-0.15, -0.1) is 5.46 Å². The Hall–Kier alpha value is -1.91. The molecular weight excluding hydrogens is 264 g/mol. The van der Waals surface area contributed by atoms with Crippen molar-refractivity contribution in [2.75, 3.05) is 6.61 Å². The van der Waals surface area contributed by atoms with Gasteiger partial charge < -0.3 is 17.7 Å². The van der Waals surface area contributed by atoms with Crippen LogP contribution < -0.4 is 10.2 Å². The zero-order valence-electron chi connectivity index (χ0n) is 11.2. The van der Waals surface area contributed by atoms with E-state index in [0.717, 1.165) is 24.1 Å². The molecule has 0 bridgehead atoms. The quantitative estimate of drug-likeness (QED) is 0.759. The van der Waals surface area contributed by atoms with Crippen LogP contribution in [0.25, 0.3) is 0 Å². The molecule has 0 atom stereocenters. The van der Waals surface area contributed by atoms with Gasteiger partial charge in [0.25, 0.3) is 0 Å². The molecule has 0 spiro atoms. The van der Waals surface area contributed by atoms with Crippen molar-refractivity contribution in [3.8, 4) is 5.75 Å². The van der Waals surface area contributed by atoms with E-state index in [0.29, 0.717) is 17.9 Å². The molecule has 0 fully saturated rings. The Morgan fingerprint density at radius 3 is 2.30 bits per heavy atom. The molecule has 0 aliphatic rings. The van der Waals surface area contributed by atoms with Crippen molar-refractivity contribution in [3.05, 3.63) is 59.7 Å². The van der Waals surface area contributed by atoms with Gasteiger partial charge in [-0.3, -0.25) is 0 Å². The van der Waals surface area contributed by atoms with Gasteiger partial charge in [-0.05, 0) is 24.1 Å².